The molecule has 0 radical (unpaired) electrons. The van der Waals surface area contributed by atoms with Crippen LogP contribution < -0.4 is 20.3 Å². The van der Waals surface area contributed by atoms with Gasteiger partial charge in [0.1, 0.15) is 0 Å². The Morgan fingerprint density at radius 1 is 1.24 bits per heavy atom. The molecule has 2 N–H and O–H groups in total. The number of fused-ring (bicyclic) bond motifs is 1. The molecule has 0 saturated carbocycles. The van der Waals surface area contributed by atoms with Crippen LogP contribution >= 0.6 is 11.3 Å². The van der Waals surface area contributed by atoms with E-state index in [0.717, 1.165) is 19.3 Å². The van der Waals surface area contributed by atoms with E-state index in [9.17, 15) is 9.59 Å². The van der Waals surface area contributed by atoms with Crippen LogP contribution in [0, 0.1) is 5.92 Å². The Kier molecular flexibility index (Phi) is 6.93. The number of hydrazine groups is 1. The van der Waals surface area contributed by atoms with Crippen molar-refractivity contribution < 1.29 is 19.1 Å². The molecule has 0 saturated heterocycles. The van der Waals surface area contributed by atoms with Gasteiger partial charge >= 0.3 is 0 Å². The molecule has 0 unspecified atom stereocenters. The normalized spacial score (nSPS) is 15.6. The largest absolute Gasteiger partial charge is 0.493 e. The molecule has 1 aromatic carbocycles. The monoisotopic (exact) mass is 414 g/mol. The average molecular weight is 415 g/mol. The molecule has 1 aliphatic carbocycles. The van der Waals surface area contributed by atoms with Gasteiger partial charge in [-0.3, -0.25) is 20.4 Å². The van der Waals surface area contributed by atoms with E-state index in [-0.39, 0.29) is 5.91 Å². The van der Waals surface area contributed by atoms with Gasteiger partial charge in [-0.05, 0) is 49.0 Å². The van der Waals surface area contributed by atoms with Gasteiger partial charge in [-0.2, -0.15) is 0 Å². The third-order valence-electron chi connectivity index (χ3n) is 5.13. The van der Waals surface area contributed by atoms with Gasteiger partial charge in [-0.1, -0.05) is 25.5 Å². The van der Waals surface area contributed by atoms with Crippen LogP contribution in [0.4, 0.5) is 0 Å². The van der Waals surface area contributed by atoms with Crippen molar-refractivity contribution in [1.82, 2.24) is 10.9 Å². The zero-order valence-corrected chi connectivity index (χ0v) is 17.7. The van der Waals surface area contributed by atoms with Crippen molar-refractivity contribution in [1.29, 1.82) is 0 Å². The molecule has 0 spiro atoms. The minimum atomic E-state index is -0.435. The molecular formula is C22H26N2O4S. The molecule has 6 nitrogen and oxygen atoms in total. The fraction of sp³-hybridized carbons (Fsp3) is 0.364. The van der Waals surface area contributed by atoms with Gasteiger partial charge < -0.3 is 9.47 Å². The number of ether oxygens (including phenoxy) is 2. The summed E-state index contributed by atoms with van der Waals surface area (Å²) in [6.45, 7) is 2.21. The van der Waals surface area contributed by atoms with Crippen molar-refractivity contribution in [3.05, 3.63) is 51.2 Å². The maximum absolute atomic E-state index is 12.4. The second-order valence-corrected chi connectivity index (χ2v) is 8.07. The van der Waals surface area contributed by atoms with E-state index < -0.39 is 5.91 Å². The molecule has 2 aromatic rings. The summed E-state index contributed by atoms with van der Waals surface area (Å²) in [5.74, 6) is 1.09. The van der Waals surface area contributed by atoms with Crippen molar-refractivity contribution in [3.8, 4) is 11.5 Å². The molecule has 0 fully saturated rings. The number of aryl methyl sites for hydroxylation is 1. The Bertz CT molecular complexity index is 920. The number of methoxy groups -OCH3 is 2. The average Bonchev–Trinajstić information content (AvgIpc) is 3.18. The van der Waals surface area contributed by atoms with E-state index in [4.69, 9.17) is 9.47 Å². The third kappa shape index (κ3) is 4.98. The molecule has 0 bridgehead atoms. The number of carbonyl (C=O) groups excluding carboxylic acids is 2. The zero-order valence-electron chi connectivity index (χ0n) is 16.9. The molecule has 0 aliphatic heterocycles. The second kappa shape index (κ2) is 9.60. The smallest absolute Gasteiger partial charge is 0.279 e. The van der Waals surface area contributed by atoms with Crippen LogP contribution in [0.5, 0.6) is 11.5 Å². The van der Waals surface area contributed by atoms with Crippen LogP contribution in [0.25, 0.3) is 6.08 Å². The zero-order chi connectivity index (χ0) is 20.8. The van der Waals surface area contributed by atoms with Gasteiger partial charge in [0.25, 0.3) is 11.8 Å². The van der Waals surface area contributed by atoms with Gasteiger partial charge in [-0.25, -0.2) is 0 Å². The van der Waals surface area contributed by atoms with Crippen LogP contribution in [0.2, 0.25) is 0 Å². The molecule has 1 aromatic heterocycles. The highest BCUT2D eigenvalue weighted by Gasteiger charge is 2.22. The predicted molar refractivity (Wildman–Crippen MR) is 114 cm³/mol. The molecular weight excluding hydrogens is 388 g/mol. The van der Waals surface area contributed by atoms with E-state index in [1.165, 1.54) is 34.3 Å². The number of rotatable bonds is 6. The lowest BCUT2D eigenvalue weighted by Crippen LogP contribution is -2.40. The fourth-order valence-corrected chi connectivity index (χ4v) is 4.59. The SMILES string of the molecule is CC[C@@H]1CCc2sc(C(=O)NNC(=O)/C=C/c3cccc(OC)c3OC)cc2C1. The fourth-order valence-electron chi connectivity index (χ4n) is 3.49. The molecule has 2 amide bonds. The number of thiophene rings is 1. The lowest BCUT2D eigenvalue weighted by atomic mass is 9.87. The predicted octanol–water partition coefficient (Wildman–Crippen LogP) is 3.75. The van der Waals surface area contributed by atoms with Gasteiger partial charge in [0.15, 0.2) is 11.5 Å². The third-order valence-corrected chi connectivity index (χ3v) is 6.37. The van der Waals surface area contributed by atoms with Crippen LogP contribution in [-0.4, -0.2) is 26.0 Å². The lowest BCUT2D eigenvalue weighted by molar-refractivity contribution is -0.117. The number of para-hydroxylation sites is 1. The first-order valence-corrected chi connectivity index (χ1v) is 10.5. The molecule has 1 heterocycles. The standard InChI is InChI=1S/C22H26N2O4S/c1-4-14-8-10-18-16(12-14)13-19(29-18)22(26)24-23-20(25)11-9-15-6-5-7-17(27-2)21(15)28-3/h5-7,9,11,13-14H,4,8,10,12H2,1-3H3,(H,23,25)(H,24,26)/b11-9+/t14-/m1/s1. The summed E-state index contributed by atoms with van der Waals surface area (Å²) in [5.41, 5.74) is 6.88. The Morgan fingerprint density at radius 2 is 2.07 bits per heavy atom. The Morgan fingerprint density at radius 3 is 2.79 bits per heavy atom. The number of carbonyl (C=O) groups is 2. The van der Waals surface area contributed by atoms with E-state index in [2.05, 4.69) is 17.8 Å². The van der Waals surface area contributed by atoms with Crippen LogP contribution in [0.15, 0.2) is 30.3 Å². The first kappa shape index (κ1) is 20.9. The summed E-state index contributed by atoms with van der Waals surface area (Å²) in [6.07, 6.45) is 7.36. The van der Waals surface area contributed by atoms with Crippen molar-refractivity contribution >= 4 is 29.2 Å². The first-order chi connectivity index (χ1) is 14.0. The second-order valence-electron chi connectivity index (χ2n) is 6.94. The van der Waals surface area contributed by atoms with E-state index in [0.29, 0.717) is 27.9 Å². The van der Waals surface area contributed by atoms with E-state index in [1.54, 1.807) is 26.4 Å². The molecule has 1 atom stereocenters. The van der Waals surface area contributed by atoms with Gasteiger partial charge in [0, 0.05) is 16.5 Å². The van der Waals surface area contributed by atoms with Crippen molar-refractivity contribution in [3.63, 3.8) is 0 Å². The number of amides is 2. The number of hydrogen-bond donors (Lipinski definition) is 2. The Hall–Kier alpha value is -2.80. The summed E-state index contributed by atoms with van der Waals surface area (Å²) < 4.78 is 10.6. The Labute approximate surface area is 174 Å². The van der Waals surface area contributed by atoms with Crippen LogP contribution in [0.1, 0.15) is 45.4 Å². The summed E-state index contributed by atoms with van der Waals surface area (Å²) in [5, 5.41) is 0. The maximum atomic E-state index is 12.4. The quantitative estimate of drug-likeness (QED) is 0.557. The molecule has 154 valence electrons. The van der Waals surface area contributed by atoms with Gasteiger partial charge in [-0.15, -0.1) is 11.3 Å². The van der Waals surface area contributed by atoms with Gasteiger partial charge in [0.05, 0.1) is 19.1 Å². The Balaban J connectivity index is 1.58. The number of hydrogen-bond acceptors (Lipinski definition) is 5. The van der Waals surface area contributed by atoms with Crippen molar-refractivity contribution in [2.24, 2.45) is 5.92 Å². The maximum Gasteiger partial charge on any atom is 0.279 e. The summed E-state index contributed by atoms with van der Waals surface area (Å²) in [4.78, 5) is 26.4. The van der Waals surface area contributed by atoms with E-state index >= 15 is 0 Å². The highest BCUT2D eigenvalue weighted by molar-refractivity contribution is 7.14. The van der Waals surface area contributed by atoms with Crippen LogP contribution in [-0.2, 0) is 17.6 Å². The van der Waals surface area contributed by atoms with E-state index in [1.807, 2.05) is 18.2 Å². The first-order valence-electron chi connectivity index (χ1n) is 9.66. The molecule has 3 rings (SSSR count). The molecule has 1 aliphatic rings. The highest BCUT2D eigenvalue weighted by Crippen LogP contribution is 2.33. The summed E-state index contributed by atoms with van der Waals surface area (Å²) >= 11 is 1.52. The minimum Gasteiger partial charge on any atom is -0.493 e. The molecule has 7 heteroatoms. The number of nitrogens with one attached hydrogen (secondary N) is 2. The lowest BCUT2D eigenvalue weighted by Gasteiger charge is -2.19. The van der Waals surface area contributed by atoms with Crippen molar-refractivity contribution in [2.75, 3.05) is 14.2 Å². The molecule has 29 heavy (non-hydrogen) atoms. The van der Waals surface area contributed by atoms with Crippen molar-refractivity contribution in [2.45, 2.75) is 32.6 Å². The minimum absolute atomic E-state index is 0.293. The number of benzene rings is 1. The highest BCUT2D eigenvalue weighted by atomic mass is 32.1. The van der Waals surface area contributed by atoms with Crippen LogP contribution in [0.3, 0.4) is 0 Å². The van der Waals surface area contributed by atoms with Gasteiger partial charge in [0.2, 0.25) is 0 Å². The summed E-state index contributed by atoms with van der Waals surface area (Å²) in [7, 11) is 3.09. The topological polar surface area (TPSA) is 76.7 Å². The summed E-state index contributed by atoms with van der Waals surface area (Å²) in [6, 6.07) is 7.35.